The first-order valence-corrected chi connectivity index (χ1v) is 5.25. The van der Waals surface area contributed by atoms with Gasteiger partial charge in [-0.25, -0.2) is 8.78 Å². The van der Waals surface area contributed by atoms with Crippen molar-refractivity contribution in [2.75, 3.05) is 13.7 Å². The zero-order chi connectivity index (χ0) is 12.1. The molecule has 0 saturated carbocycles. The van der Waals surface area contributed by atoms with Crippen molar-refractivity contribution in [3.05, 3.63) is 35.4 Å². The molecule has 4 heteroatoms. The summed E-state index contributed by atoms with van der Waals surface area (Å²) in [5, 5.41) is 0. The molecule has 16 heavy (non-hydrogen) atoms. The molecule has 0 spiro atoms. The molecule has 1 rings (SSSR count). The average Bonchev–Trinajstić information content (AvgIpc) is 2.28. The molecule has 0 aliphatic carbocycles. The molecule has 0 aliphatic heterocycles. The van der Waals surface area contributed by atoms with Crippen LogP contribution in [0.4, 0.5) is 8.78 Å². The Hall–Kier alpha value is -1.00. The first-order chi connectivity index (χ1) is 7.56. The van der Waals surface area contributed by atoms with Crippen molar-refractivity contribution in [1.29, 1.82) is 0 Å². The predicted molar refractivity (Wildman–Crippen MR) is 58.9 cm³/mol. The first kappa shape index (κ1) is 13.1. The van der Waals surface area contributed by atoms with E-state index in [2.05, 4.69) is 0 Å². The van der Waals surface area contributed by atoms with Gasteiger partial charge in [0.2, 0.25) is 0 Å². The summed E-state index contributed by atoms with van der Waals surface area (Å²) in [6.07, 6.45) is 0.788. The summed E-state index contributed by atoms with van der Waals surface area (Å²) in [7, 11) is 1.62. The number of hydrogen-bond acceptors (Lipinski definition) is 2. The monoisotopic (exact) mass is 229 g/mol. The fourth-order valence-electron chi connectivity index (χ4n) is 1.53. The lowest BCUT2D eigenvalue weighted by molar-refractivity contribution is 0.174. The number of ether oxygens (including phenoxy) is 1. The molecule has 90 valence electrons. The molecule has 2 atom stereocenters. The molecule has 0 radical (unpaired) electrons. The Morgan fingerprint density at radius 1 is 1.31 bits per heavy atom. The quantitative estimate of drug-likeness (QED) is 0.842. The van der Waals surface area contributed by atoms with Gasteiger partial charge in [-0.1, -0.05) is 13.0 Å². The molecule has 0 heterocycles. The highest BCUT2D eigenvalue weighted by Crippen LogP contribution is 2.23. The number of nitrogens with two attached hydrogens (primary N) is 1. The van der Waals surface area contributed by atoms with Crippen LogP contribution in [0.2, 0.25) is 0 Å². The number of rotatable bonds is 5. The Morgan fingerprint density at radius 2 is 2.00 bits per heavy atom. The lowest BCUT2D eigenvalue weighted by Gasteiger charge is -2.20. The van der Waals surface area contributed by atoms with E-state index in [9.17, 15) is 8.78 Å². The topological polar surface area (TPSA) is 35.2 Å². The van der Waals surface area contributed by atoms with E-state index in [1.165, 1.54) is 6.07 Å². The Bertz CT molecular complexity index is 344. The second-order valence-electron chi connectivity index (χ2n) is 3.96. The summed E-state index contributed by atoms with van der Waals surface area (Å²) in [5.74, 6) is -1.54. The molecule has 0 bridgehead atoms. The van der Waals surface area contributed by atoms with Crippen LogP contribution >= 0.6 is 0 Å². The van der Waals surface area contributed by atoms with Crippen molar-refractivity contribution < 1.29 is 13.5 Å². The van der Waals surface area contributed by atoms with E-state index in [0.717, 1.165) is 18.6 Å². The van der Waals surface area contributed by atoms with E-state index in [0.29, 0.717) is 12.2 Å². The van der Waals surface area contributed by atoms with E-state index < -0.39 is 11.6 Å². The van der Waals surface area contributed by atoms with Crippen molar-refractivity contribution in [2.45, 2.75) is 19.4 Å². The maximum absolute atomic E-state index is 13.0. The van der Waals surface area contributed by atoms with E-state index >= 15 is 0 Å². The number of halogens is 2. The minimum absolute atomic E-state index is 0.157. The van der Waals surface area contributed by atoms with Crippen molar-refractivity contribution in [3.8, 4) is 0 Å². The van der Waals surface area contributed by atoms with Crippen LogP contribution in [-0.2, 0) is 4.74 Å². The second-order valence-corrected chi connectivity index (χ2v) is 3.96. The van der Waals surface area contributed by atoms with Gasteiger partial charge in [-0.05, 0) is 30.0 Å². The Balaban J connectivity index is 2.71. The number of methoxy groups -OCH3 is 1. The summed E-state index contributed by atoms with van der Waals surface area (Å²) >= 11 is 0. The smallest absolute Gasteiger partial charge is 0.159 e. The molecule has 2 N–H and O–H groups in total. The van der Waals surface area contributed by atoms with Crippen LogP contribution in [0, 0.1) is 17.6 Å². The number of benzene rings is 1. The minimum Gasteiger partial charge on any atom is -0.385 e. The lowest BCUT2D eigenvalue weighted by atomic mass is 9.93. The summed E-state index contributed by atoms with van der Waals surface area (Å²) in [6, 6.07) is 3.48. The fraction of sp³-hybridized carbons (Fsp3) is 0.500. The normalized spacial score (nSPS) is 14.8. The standard InChI is InChI=1S/C12H17F2NO/c1-8(5-6-16-2)12(15)9-3-4-10(13)11(14)7-9/h3-4,7-8,12H,5-6,15H2,1-2H3. The van der Waals surface area contributed by atoms with E-state index in [1.807, 2.05) is 6.92 Å². The van der Waals surface area contributed by atoms with Crippen LogP contribution in [0.15, 0.2) is 18.2 Å². The summed E-state index contributed by atoms with van der Waals surface area (Å²) in [5.41, 5.74) is 6.57. The second kappa shape index (κ2) is 5.92. The van der Waals surface area contributed by atoms with Gasteiger partial charge in [-0.2, -0.15) is 0 Å². The third-order valence-corrected chi connectivity index (χ3v) is 2.72. The van der Waals surface area contributed by atoms with Gasteiger partial charge in [0.25, 0.3) is 0 Å². The van der Waals surface area contributed by atoms with E-state index in [-0.39, 0.29) is 12.0 Å². The molecule has 0 fully saturated rings. The maximum atomic E-state index is 13.0. The van der Waals surface area contributed by atoms with E-state index in [4.69, 9.17) is 10.5 Å². The van der Waals surface area contributed by atoms with Crippen LogP contribution in [-0.4, -0.2) is 13.7 Å². The van der Waals surface area contributed by atoms with Crippen LogP contribution in [0.5, 0.6) is 0 Å². The van der Waals surface area contributed by atoms with Crippen LogP contribution in [0.25, 0.3) is 0 Å². The third-order valence-electron chi connectivity index (χ3n) is 2.72. The highest BCUT2D eigenvalue weighted by molar-refractivity contribution is 5.21. The van der Waals surface area contributed by atoms with Crippen LogP contribution in [0.3, 0.4) is 0 Å². The van der Waals surface area contributed by atoms with Gasteiger partial charge in [0.05, 0.1) is 0 Å². The molecule has 1 aromatic rings. The zero-order valence-electron chi connectivity index (χ0n) is 9.54. The van der Waals surface area contributed by atoms with Gasteiger partial charge in [0.15, 0.2) is 11.6 Å². The molecule has 0 aliphatic rings. The van der Waals surface area contributed by atoms with Gasteiger partial charge in [-0.15, -0.1) is 0 Å². The lowest BCUT2D eigenvalue weighted by Crippen LogP contribution is -2.20. The van der Waals surface area contributed by atoms with Gasteiger partial charge in [0, 0.05) is 19.8 Å². The van der Waals surface area contributed by atoms with Gasteiger partial charge >= 0.3 is 0 Å². The number of hydrogen-bond donors (Lipinski definition) is 1. The van der Waals surface area contributed by atoms with Gasteiger partial charge < -0.3 is 10.5 Å². The van der Waals surface area contributed by atoms with Gasteiger partial charge in [0.1, 0.15) is 0 Å². The van der Waals surface area contributed by atoms with E-state index in [1.54, 1.807) is 7.11 Å². The predicted octanol–water partition coefficient (Wildman–Crippen LogP) is 2.64. The van der Waals surface area contributed by atoms with Crippen LogP contribution in [0.1, 0.15) is 24.9 Å². The molecule has 0 amide bonds. The molecular weight excluding hydrogens is 212 g/mol. The fourth-order valence-corrected chi connectivity index (χ4v) is 1.53. The van der Waals surface area contributed by atoms with Crippen molar-refractivity contribution in [2.24, 2.45) is 11.7 Å². The molecule has 0 aromatic heterocycles. The highest BCUT2D eigenvalue weighted by Gasteiger charge is 2.16. The first-order valence-electron chi connectivity index (χ1n) is 5.25. The Morgan fingerprint density at radius 3 is 2.56 bits per heavy atom. The Labute approximate surface area is 94.4 Å². The Kier molecular flexibility index (Phi) is 4.83. The summed E-state index contributed by atoms with van der Waals surface area (Å²) < 4.78 is 30.7. The molecule has 0 saturated heterocycles. The largest absolute Gasteiger partial charge is 0.385 e. The van der Waals surface area contributed by atoms with Crippen LogP contribution < -0.4 is 5.73 Å². The summed E-state index contributed by atoms with van der Waals surface area (Å²) in [4.78, 5) is 0. The van der Waals surface area contributed by atoms with Crippen molar-refractivity contribution in [3.63, 3.8) is 0 Å². The molecule has 2 unspecified atom stereocenters. The SMILES string of the molecule is COCCC(C)C(N)c1ccc(F)c(F)c1. The molecule has 2 nitrogen and oxygen atoms in total. The van der Waals surface area contributed by atoms with Crippen molar-refractivity contribution in [1.82, 2.24) is 0 Å². The highest BCUT2D eigenvalue weighted by atomic mass is 19.2. The molecule has 1 aromatic carbocycles. The average molecular weight is 229 g/mol. The molecular formula is C12H17F2NO. The maximum Gasteiger partial charge on any atom is 0.159 e. The third kappa shape index (κ3) is 3.25. The zero-order valence-corrected chi connectivity index (χ0v) is 9.54. The van der Waals surface area contributed by atoms with Crippen molar-refractivity contribution >= 4 is 0 Å². The van der Waals surface area contributed by atoms with Gasteiger partial charge in [-0.3, -0.25) is 0 Å². The minimum atomic E-state index is -0.855. The summed E-state index contributed by atoms with van der Waals surface area (Å²) in [6.45, 7) is 2.57.